The van der Waals surface area contributed by atoms with Crippen LogP contribution in [0.25, 0.3) is 22.3 Å². The summed E-state index contributed by atoms with van der Waals surface area (Å²) in [7, 11) is 0. The highest BCUT2D eigenvalue weighted by atomic mass is 19.2. The monoisotopic (exact) mass is 416 g/mol. The van der Waals surface area contributed by atoms with Crippen molar-refractivity contribution in [3.63, 3.8) is 0 Å². The Morgan fingerprint density at radius 1 is 0.700 bits per heavy atom. The van der Waals surface area contributed by atoms with Crippen LogP contribution >= 0.6 is 0 Å². The highest BCUT2D eigenvalue weighted by molar-refractivity contribution is 5.72. The normalized spacial score (nSPS) is 19.1. The average Bonchev–Trinajstić information content (AvgIpc) is 2.76. The first-order valence-corrected chi connectivity index (χ1v) is 9.74. The Kier molecular flexibility index (Phi) is 5.88. The van der Waals surface area contributed by atoms with Crippen LogP contribution in [0.3, 0.4) is 0 Å². The molecule has 0 saturated carbocycles. The predicted molar refractivity (Wildman–Crippen MR) is 106 cm³/mol. The number of hydrogen-bond donors (Lipinski definition) is 0. The molecule has 1 heterocycles. The lowest BCUT2D eigenvalue weighted by Crippen LogP contribution is -2.26. The van der Waals surface area contributed by atoms with Crippen LogP contribution in [0.5, 0.6) is 0 Å². The molecule has 0 aliphatic carbocycles. The van der Waals surface area contributed by atoms with Crippen molar-refractivity contribution in [2.75, 3.05) is 13.2 Å². The first-order valence-electron chi connectivity index (χ1n) is 9.74. The average molecular weight is 416 g/mol. The van der Waals surface area contributed by atoms with E-state index in [2.05, 4.69) is 6.92 Å². The summed E-state index contributed by atoms with van der Waals surface area (Å²) in [5.74, 6) is -3.57. The van der Waals surface area contributed by atoms with Gasteiger partial charge in [0.15, 0.2) is 17.9 Å². The number of ether oxygens (including phenoxy) is 2. The van der Waals surface area contributed by atoms with Gasteiger partial charge in [-0.25, -0.2) is 17.6 Å². The molecule has 4 rings (SSSR count). The zero-order chi connectivity index (χ0) is 21.3. The second-order valence-corrected chi connectivity index (χ2v) is 7.34. The lowest BCUT2D eigenvalue weighted by atomic mass is 9.98. The van der Waals surface area contributed by atoms with Gasteiger partial charge in [0, 0.05) is 11.5 Å². The van der Waals surface area contributed by atoms with E-state index >= 15 is 0 Å². The summed E-state index contributed by atoms with van der Waals surface area (Å²) in [6, 6.07) is 12.2. The van der Waals surface area contributed by atoms with Crippen LogP contribution in [0.2, 0.25) is 0 Å². The van der Waals surface area contributed by atoms with Crippen molar-refractivity contribution in [3.8, 4) is 22.3 Å². The Bertz CT molecular complexity index is 1020. The van der Waals surface area contributed by atoms with Crippen LogP contribution < -0.4 is 0 Å². The molecule has 3 aromatic carbocycles. The van der Waals surface area contributed by atoms with Gasteiger partial charge in [-0.3, -0.25) is 0 Å². The Morgan fingerprint density at radius 2 is 1.27 bits per heavy atom. The van der Waals surface area contributed by atoms with Crippen LogP contribution in [0.1, 0.15) is 25.2 Å². The number of hydrogen-bond acceptors (Lipinski definition) is 2. The molecule has 0 radical (unpaired) electrons. The highest BCUT2D eigenvalue weighted by Gasteiger charge is 2.22. The number of benzene rings is 3. The van der Waals surface area contributed by atoms with Gasteiger partial charge in [0.25, 0.3) is 0 Å². The topological polar surface area (TPSA) is 18.5 Å². The largest absolute Gasteiger partial charge is 0.348 e. The van der Waals surface area contributed by atoms with Gasteiger partial charge < -0.3 is 9.47 Å². The molecule has 0 atom stereocenters. The van der Waals surface area contributed by atoms with Gasteiger partial charge in [0.2, 0.25) is 0 Å². The molecule has 156 valence electrons. The third-order valence-corrected chi connectivity index (χ3v) is 5.31. The zero-order valence-electron chi connectivity index (χ0n) is 16.3. The van der Waals surface area contributed by atoms with E-state index in [4.69, 9.17) is 9.47 Å². The number of halogens is 4. The van der Waals surface area contributed by atoms with Gasteiger partial charge in [-0.05, 0) is 47.4 Å². The van der Waals surface area contributed by atoms with Crippen molar-refractivity contribution < 1.29 is 27.0 Å². The maximum atomic E-state index is 14.7. The van der Waals surface area contributed by atoms with Crippen molar-refractivity contribution in [3.05, 3.63) is 83.4 Å². The second-order valence-electron chi connectivity index (χ2n) is 7.34. The molecule has 0 unspecified atom stereocenters. The summed E-state index contributed by atoms with van der Waals surface area (Å²) in [5, 5.41) is 0. The van der Waals surface area contributed by atoms with E-state index in [0.29, 0.717) is 30.3 Å². The standard InChI is InChI=1S/C24H20F4O2/c1-2-14-12-29-24(30-13-14)16-5-3-15(4-6-16)18-10-21(27)23(22(28)11-18)17-7-8-19(25)20(26)9-17/h3-11,14,24H,2,12-13H2,1H3. The first kappa shape index (κ1) is 20.6. The van der Waals surface area contributed by atoms with E-state index < -0.39 is 35.1 Å². The van der Waals surface area contributed by atoms with E-state index in [1.807, 2.05) is 0 Å². The summed E-state index contributed by atoms with van der Waals surface area (Å²) in [5.41, 5.74) is 1.30. The maximum Gasteiger partial charge on any atom is 0.183 e. The number of rotatable bonds is 4. The van der Waals surface area contributed by atoms with Gasteiger partial charge in [-0.2, -0.15) is 0 Å². The Hall–Kier alpha value is -2.70. The predicted octanol–water partition coefficient (Wildman–Crippen LogP) is 6.65. The van der Waals surface area contributed by atoms with Gasteiger partial charge in [0.05, 0.1) is 18.8 Å². The Labute approximate surface area is 172 Å². The molecule has 30 heavy (non-hydrogen) atoms. The van der Waals surface area contributed by atoms with Crippen LogP contribution in [0.15, 0.2) is 54.6 Å². The Balaban J connectivity index is 1.58. The van der Waals surface area contributed by atoms with Crippen LogP contribution in [-0.2, 0) is 9.47 Å². The SMILES string of the molecule is CCC1COC(c2ccc(-c3cc(F)c(-c4ccc(F)c(F)c4)c(F)c3)cc2)OC1. The summed E-state index contributed by atoms with van der Waals surface area (Å²) in [6.07, 6.45) is 0.537. The van der Waals surface area contributed by atoms with Crippen molar-refractivity contribution in [2.45, 2.75) is 19.6 Å². The molecule has 1 saturated heterocycles. The van der Waals surface area contributed by atoms with E-state index in [9.17, 15) is 17.6 Å². The molecule has 0 bridgehead atoms. The van der Waals surface area contributed by atoms with E-state index in [1.54, 1.807) is 24.3 Å². The summed E-state index contributed by atoms with van der Waals surface area (Å²) in [4.78, 5) is 0. The molecule has 2 nitrogen and oxygen atoms in total. The highest BCUT2D eigenvalue weighted by Crippen LogP contribution is 2.33. The molecule has 1 aliphatic heterocycles. The van der Waals surface area contributed by atoms with Crippen LogP contribution in [0.4, 0.5) is 17.6 Å². The second kappa shape index (κ2) is 8.58. The fourth-order valence-electron chi connectivity index (χ4n) is 3.47. The van der Waals surface area contributed by atoms with Crippen molar-refractivity contribution >= 4 is 0 Å². The van der Waals surface area contributed by atoms with Crippen molar-refractivity contribution in [2.24, 2.45) is 5.92 Å². The fraction of sp³-hybridized carbons (Fsp3) is 0.250. The molecule has 0 aromatic heterocycles. The molecular weight excluding hydrogens is 396 g/mol. The minimum atomic E-state index is -1.16. The van der Waals surface area contributed by atoms with E-state index in [-0.39, 0.29) is 5.56 Å². The lowest BCUT2D eigenvalue weighted by molar-refractivity contribution is -0.205. The van der Waals surface area contributed by atoms with Gasteiger partial charge in [-0.1, -0.05) is 37.3 Å². The molecule has 6 heteroatoms. The van der Waals surface area contributed by atoms with Gasteiger partial charge in [-0.15, -0.1) is 0 Å². The van der Waals surface area contributed by atoms with E-state index in [0.717, 1.165) is 30.2 Å². The smallest absolute Gasteiger partial charge is 0.183 e. The quantitative estimate of drug-likeness (QED) is 0.444. The van der Waals surface area contributed by atoms with Crippen molar-refractivity contribution in [1.29, 1.82) is 0 Å². The Morgan fingerprint density at radius 3 is 1.83 bits per heavy atom. The first-order chi connectivity index (χ1) is 14.5. The molecule has 0 spiro atoms. The third kappa shape index (κ3) is 4.11. The minimum absolute atomic E-state index is 0.0669. The fourth-order valence-corrected chi connectivity index (χ4v) is 3.47. The van der Waals surface area contributed by atoms with Crippen LogP contribution in [-0.4, -0.2) is 13.2 Å². The van der Waals surface area contributed by atoms with Crippen molar-refractivity contribution in [1.82, 2.24) is 0 Å². The lowest BCUT2D eigenvalue weighted by Gasteiger charge is -2.29. The molecule has 0 amide bonds. The minimum Gasteiger partial charge on any atom is -0.348 e. The molecule has 0 N–H and O–H groups in total. The molecule has 1 aliphatic rings. The molecule has 1 fully saturated rings. The zero-order valence-corrected chi connectivity index (χ0v) is 16.3. The molecule has 3 aromatic rings. The maximum absolute atomic E-state index is 14.7. The summed E-state index contributed by atoms with van der Waals surface area (Å²) in [6.45, 7) is 3.35. The summed E-state index contributed by atoms with van der Waals surface area (Å²) >= 11 is 0. The molecular formula is C24H20F4O2. The van der Waals surface area contributed by atoms with E-state index in [1.165, 1.54) is 12.1 Å². The van der Waals surface area contributed by atoms with Gasteiger partial charge in [0.1, 0.15) is 11.6 Å². The summed E-state index contributed by atoms with van der Waals surface area (Å²) < 4.78 is 67.4. The van der Waals surface area contributed by atoms with Gasteiger partial charge >= 0.3 is 0 Å². The third-order valence-electron chi connectivity index (χ3n) is 5.31. The van der Waals surface area contributed by atoms with Crippen LogP contribution in [0, 0.1) is 29.2 Å².